The molecule has 88 valence electrons. The van der Waals surface area contributed by atoms with Crippen LogP contribution in [0.1, 0.15) is 69.1 Å². The molecule has 2 rings (SSSR count). The highest BCUT2D eigenvalue weighted by molar-refractivity contribution is 5.37. The first-order valence-electron chi connectivity index (χ1n) is 6.72. The van der Waals surface area contributed by atoms with E-state index >= 15 is 0 Å². The molecule has 0 aliphatic heterocycles. The van der Waals surface area contributed by atoms with Gasteiger partial charge in [0.2, 0.25) is 0 Å². The van der Waals surface area contributed by atoms with E-state index in [0.29, 0.717) is 5.92 Å². The van der Waals surface area contributed by atoms with Gasteiger partial charge in [-0.1, -0.05) is 45.9 Å². The minimum absolute atomic E-state index is 0.657. The first kappa shape index (κ1) is 11.7. The Hall–Kier alpha value is -0.780. The number of aryl methyl sites for hydroxylation is 1. The zero-order valence-electron chi connectivity index (χ0n) is 11.1. The molecule has 0 amide bonds. The van der Waals surface area contributed by atoms with E-state index < -0.39 is 0 Å². The predicted molar refractivity (Wildman–Crippen MR) is 71.0 cm³/mol. The van der Waals surface area contributed by atoms with Crippen molar-refractivity contribution in [3.8, 4) is 0 Å². The van der Waals surface area contributed by atoms with Crippen LogP contribution >= 0.6 is 0 Å². The normalized spacial score (nSPS) is 20.2. The Labute approximate surface area is 100 Å². The average Bonchev–Trinajstić information content (AvgIpc) is 2.27. The van der Waals surface area contributed by atoms with Crippen LogP contribution in [0.15, 0.2) is 18.2 Å². The van der Waals surface area contributed by atoms with Gasteiger partial charge >= 0.3 is 0 Å². The third-order valence-corrected chi connectivity index (χ3v) is 4.00. The molecule has 0 aromatic heterocycles. The molecule has 16 heavy (non-hydrogen) atoms. The zero-order chi connectivity index (χ0) is 11.7. The Kier molecular flexibility index (Phi) is 3.37. The van der Waals surface area contributed by atoms with E-state index in [0.717, 1.165) is 11.8 Å². The number of fused-ring (bicyclic) bond motifs is 1. The van der Waals surface area contributed by atoms with Crippen molar-refractivity contribution in [1.82, 2.24) is 0 Å². The van der Waals surface area contributed by atoms with Crippen molar-refractivity contribution in [2.75, 3.05) is 0 Å². The molecule has 1 unspecified atom stereocenters. The summed E-state index contributed by atoms with van der Waals surface area (Å²) in [4.78, 5) is 0. The van der Waals surface area contributed by atoms with Crippen molar-refractivity contribution < 1.29 is 0 Å². The maximum absolute atomic E-state index is 2.45. The van der Waals surface area contributed by atoms with Crippen molar-refractivity contribution >= 4 is 0 Å². The summed E-state index contributed by atoms with van der Waals surface area (Å²) in [5.41, 5.74) is 4.75. The van der Waals surface area contributed by atoms with Gasteiger partial charge < -0.3 is 0 Å². The van der Waals surface area contributed by atoms with Gasteiger partial charge in [-0.05, 0) is 53.7 Å². The summed E-state index contributed by atoms with van der Waals surface area (Å²) in [5.74, 6) is 2.23. The van der Waals surface area contributed by atoms with Gasteiger partial charge in [0.1, 0.15) is 0 Å². The molecule has 1 aromatic carbocycles. The first-order chi connectivity index (χ1) is 7.59. The van der Waals surface area contributed by atoms with Gasteiger partial charge in [0, 0.05) is 0 Å². The maximum Gasteiger partial charge on any atom is -0.0136 e. The Morgan fingerprint density at radius 1 is 1.12 bits per heavy atom. The summed E-state index contributed by atoms with van der Waals surface area (Å²) in [6.45, 7) is 9.28. The lowest BCUT2D eigenvalue weighted by atomic mass is 9.76. The van der Waals surface area contributed by atoms with Crippen LogP contribution in [0, 0.1) is 5.92 Å². The van der Waals surface area contributed by atoms with Gasteiger partial charge in [-0.25, -0.2) is 0 Å². The van der Waals surface area contributed by atoms with Crippen LogP contribution in [-0.2, 0) is 6.42 Å². The summed E-state index contributed by atoms with van der Waals surface area (Å²) < 4.78 is 0. The van der Waals surface area contributed by atoms with Gasteiger partial charge in [0.05, 0.1) is 0 Å². The minimum Gasteiger partial charge on any atom is -0.0622 e. The molecule has 0 radical (unpaired) electrons. The molecule has 0 fully saturated rings. The Morgan fingerprint density at radius 2 is 1.88 bits per heavy atom. The van der Waals surface area contributed by atoms with E-state index in [4.69, 9.17) is 0 Å². The molecule has 0 N–H and O–H groups in total. The smallest absolute Gasteiger partial charge is 0.0136 e. The van der Waals surface area contributed by atoms with E-state index in [1.807, 2.05) is 0 Å². The number of hydrogen-bond donors (Lipinski definition) is 0. The molecule has 0 nitrogen and oxygen atoms in total. The van der Waals surface area contributed by atoms with E-state index in [-0.39, 0.29) is 0 Å². The van der Waals surface area contributed by atoms with Gasteiger partial charge in [0.15, 0.2) is 0 Å². The fraction of sp³-hybridized carbons (Fsp3) is 0.625. The van der Waals surface area contributed by atoms with Crippen LogP contribution in [0.3, 0.4) is 0 Å². The van der Waals surface area contributed by atoms with Crippen molar-refractivity contribution in [2.24, 2.45) is 5.92 Å². The Bertz CT molecular complexity index is 360. The maximum atomic E-state index is 2.45. The first-order valence-corrected chi connectivity index (χ1v) is 6.72. The SMILES string of the molecule is CC(C)c1ccc2c(c1)CCCC2C(C)C. The van der Waals surface area contributed by atoms with Crippen LogP contribution in [0.5, 0.6) is 0 Å². The highest BCUT2D eigenvalue weighted by atomic mass is 14.3. The van der Waals surface area contributed by atoms with Crippen molar-refractivity contribution in [3.05, 3.63) is 34.9 Å². The fourth-order valence-electron chi connectivity index (χ4n) is 2.92. The molecule has 0 heteroatoms. The molecular weight excluding hydrogens is 192 g/mol. The van der Waals surface area contributed by atoms with Crippen molar-refractivity contribution in [2.45, 2.75) is 58.8 Å². The second kappa shape index (κ2) is 4.61. The topological polar surface area (TPSA) is 0 Å². The lowest BCUT2D eigenvalue weighted by Gasteiger charge is -2.29. The van der Waals surface area contributed by atoms with Gasteiger partial charge in [-0.15, -0.1) is 0 Å². The molecule has 1 aromatic rings. The van der Waals surface area contributed by atoms with Gasteiger partial charge in [-0.2, -0.15) is 0 Å². The highest BCUT2D eigenvalue weighted by Crippen LogP contribution is 2.37. The third-order valence-electron chi connectivity index (χ3n) is 4.00. The lowest BCUT2D eigenvalue weighted by Crippen LogP contribution is -2.15. The second-order valence-corrected chi connectivity index (χ2v) is 5.86. The largest absolute Gasteiger partial charge is 0.0622 e. The monoisotopic (exact) mass is 216 g/mol. The fourth-order valence-corrected chi connectivity index (χ4v) is 2.92. The molecule has 1 aliphatic rings. The van der Waals surface area contributed by atoms with Crippen LogP contribution in [0.25, 0.3) is 0 Å². The van der Waals surface area contributed by atoms with Crippen molar-refractivity contribution in [3.63, 3.8) is 0 Å². The van der Waals surface area contributed by atoms with E-state index in [9.17, 15) is 0 Å². The van der Waals surface area contributed by atoms with E-state index in [1.54, 1.807) is 11.1 Å². The van der Waals surface area contributed by atoms with Crippen LogP contribution < -0.4 is 0 Å². The molecule has 1 aliphatic carbocycles. The number of hydrogen-bond acceptors (Lipinski definition) is 0. The summed E-state index contributed by atoms with van der Waals surface area (Å²) >= 11 is 0. The summed E-state index contributed by atoms with van der Waals surface area (Å²) in [6, 6.07) is 7.19. The second-order valence-electron chi connectivity index (χ2n) is 5.86. The predicted octanol–water partition coefficient (Wildman–Crippen LogP) is 4.89. The molecule has 1 atom stereocenters. The summed E-state index contributed by atoms with van der Waals surface area (Å²) in [5, 5.41) is 0. The quantitative estimate of drug-likeness (QED) is 0.660. The van der Waals surface area contributed by atoms with Crippen LogP contribution in [0.4, 0.5) is 0 Å². The molecule has 0 heterocycles. The van der Waals surface area contributed by atoms with Crippen LogP contribution in [0.2, 0.25) is 0 Å². The molecule has 0 saturated carbocycles. The summed E-state index contributed by atoms with van der Waals surface area (Å²) in [6.07, 6.45) is 4.04. The van der Waals surface area contributed by atoms with Crippen molar-refractivity contribution in [1.29, 1.82) is 0 Å². The molecular formula is C16H24. The highest BCUT2D eigenvalue weighted by Gasteiger charge is 2.22. The van der Waals surface area contributed by atoms with Gasteiger partial charge in [0.25, 0.3) is 0 Å². The van der Waals surface area contributed by atoms with Gasteiger partial charge in [-0.3, -0.25) is 0 Å². The molecule has 0 spiro atoms. The third kappa shape index (κ3) is 2.16. The Morgan fingerprint density at radius 3 is 2.50 bits per heavy atom. The molecule has 0 bridgehead atoms. The minimum atomic E-state index is 0.657. The molecule has 0 saturated heterocycles. The Balaban J connectivity index is 2.37. The number of rotatable bonds is 2. The van der Waals surface area contributed by atoms with E-state index in [2.05, 4.69) is 45.9 Å². The van der Waals surface area contributed by atoms with Crippen LogP contribution in [-0.4, -0.2) is 0 Å². The summed E-state index contributed by atoms with van der Waals surface area (Å²) in [7, 11) is 0. The number of benzene rings is 1. The van der Waals surface area contributed by atoms with E-state index in [1.165, 1.54) is 24.8 Å². The average molecular weight is 216 g/mol. The lowest BCUT2D eigenvalue weighted by molar-refractivity contribution is 0.433. The zero-order valence-corrected chi connectivity index (χ0v) is 11.1. The standard InChI is InChI=1S/C16H24/c1-11(2)13-8-9-16-14(10-13)6-5-7-15(16)12(3)4/h8-12,15H,5-7H2,1-4H3.